The molecule has 0 aromatic heterocycles. The molecule has 1 aromatic carbocycles. The molecular formula is C20H34N2O2. The van der Waals surface area contributed by atoms with Gasteiger partial charge < -0.3 is 15.0 Å². The zero-order valence-corrected chi connectivity index (χ0v) is 16.1. The second kappa shape index (κ2) is 10.3. The summed E-state index contributed by atoms with van der Waals surface area (Å²) in [7, 11) is 4.09. The quantitative estimate of drug-likeness (QED) is 0.664. The molecule has 0 fully saturated rings. The molecule has 136 valence electrons. The topological polar surface area (TPSA) is 41.6 Å². The van der Waals surface area contributed by atoms with Gasteiger partial charge in [0, 0.05) is 13.0 Å². The van der Waals surface area contributed by atoms with Crippen LogP contribution in [0.2, 0.25) is 0 Å². The number of carbonyl (C=O) groups excluding carboxylic acids is 1. The third kappa shape index (κ3) is 7.82. The van der Waals surface area contributed by atoms with Gasteiger partial charge in [-0.05, 0) is 70.4 Å². The Balaban J connectivity index is 2.58. The average Bonchev–Trinajstić information content (AvgIpc) is 2.49. The third-order valence-electron chi connectivity index (χ3n) is 3.99. The molecule has 24 heavy (non-hydrogen) atoms. The van der Waals surface area contributed by atoms with Crippen molar-refractivity contribution in [2.75, 3.05) is 27.2 Å². The van der Waals surface area contributed by atoms with Crippen LogP contribution in [0.3, 0.4) is 0 Å². The highest BCUT2D eigenvalue weighted by Crippen LogP contribution is 2.29. The van der Waals surface area contributed by atoms with Crippen molar-refractivity contribution in [3.63, 3.8) is 0 Å². The van der Waals surface area contributed by atoms with Crippen LogP contribution in [0.5, 0.6) is 5.75 Å². The monoisotopic (exact) mass is 334 g/mol. The Hall–Kier alpha value is -1.55. The van der Waals surface area contributed by atoms with Crippen molar-refractivity contribution in [2.24, 2.45) is 5.92 Å². The van der Waals surface area contributed by atoms with E-state index in [1.807, 2.05) is 40.1 Å². The summed E-state index contributed by atoms with van der Waals surface area (Å²) >= 11 is 0. The largest absolute Gasteiger partial charge is 0.491 e. The zero-order chi connectivity index (χ0) is 18.1. The molecule has 0 unspecified atom stereocenters. The average molecular weight is 335 g/mol. The summed E-state index contributed by atoms with van der Waals surface area (Å²) in [4.78, 5) is 14.4. The molecule has 0 heterocycles. The molecule has 1 aromatic rings. The molecule has 0 spiro atoms. The first-order valence-corrected chi connectivity index (χ1v) is 8.97. The number of amides is 1. The number of carbonyl (C=O) groups is 1. The minimum absolute atomic E-state index is 0.134. The van der Waals surface area contributed by atoms with Crippen molar-refractivity contribution in [1.29, 1.82) is 0 Å². The maximum atomic E-state index is 12.2. The van der Waals surface area contributed by atoms with Crippen molar-refractivity contribution in [1.82, 2.24) is 10.2 Å². The van der Waals surface area contributed by atoms with Crippen molar-refractivity contribution in [3.05, 3.63) is 29.8 Å². The summed E-state index contributed by atoms with van der Waals surface area (Å²) in [6.07, 6.45) is 1.68. The Morgan fingerprint density at radius 2 is 1.75 bits per heavy atom. The summed E-state index contributed by atoms with van der Waals surface area (Å²) in [5.41, 5.74) is 1.20. The van der Waals surface area contributed by atoms with Crippen LogP contribution in [0.4, 0.5) is 0 Å². The van der Waals surface area contributed by atoms with Gasteiger partial charge in [0.25, 0.3) is 0 Å². The summed E-state index contributed by atoms with van der Waals surface area (Å²) < 4.78 is 5.69. The number of ether oxygens (including phenoxy) is 1. The Morgan fingerprint density at radius 1 is 1.12 bits per heavy atom. The van der Waals surface area contributed by atoms with Gasteiger partial charge in [-0.15, -0.1) is 0 Å². The van der Waals surface area contributed by atoms with Gasteiger partial charge in [-0.3, -0.25) is 4.79 Å². The van der Waals surface area contributed by atoms with E-state index in [1.54, 1.807) is 0 Å². The Bertz CT molecular complexity index is 481. The predicted octanol–water partition coefficient (Wildman–Crippen LogP) is 3.67. The molecule has 0 radical (unpaired) electrons. The minimum atomic E-state index is 0.134. The normalized spacial score (nSPS) is 12.7. The predicted molar refractivity (Wildman–Crippen MR) is 101 cm³/mol. The Labute approximate surface area is 147 Å². The standard InChI is InChI=1S/C20H34N2O2/c1-15(2)19(14-20(23)21-12-7-13-22(5)6)17-8-10-18(11-9-17)24-16(3)4/h8-11,15-16,19H,7,12-14H2,1-6H3,(H,21,23)/t19-/m0/s1. The van der Waals surface area contributed by atoms with Crippen LogP contribution in [-0.4, -0.2) is 44.1 Å². The fourth-order valence-electron chi connectivity index (χ4n) is 2.70. The molecule has 4 heteroatoms. The molecule has 1 N–H and O–H groups in total. The van der Waals surface area contributed by atoms with Crippen LogP contribution >= 0.6 is 0 Å². The zero-order valence-electron chi connectivity index (χ0n) is 16.1. The summed E-state index contributed by atoms with van der Waals surface area (Å²) in [5, 5.41) is 3.04. The second-order valence-electron chi connectivity index (χ2n) is 7.30. The Morgan fingerprint density at radius 3 is 2.25 bits per heavy atom. The molecule has 0 saturated heterocycles. The van der Waals surface area contributed by atoms with Crippen molar-refractivity contribution >= 4 is 5.91 Å². The first-order valence-electron chi connectivity index (χ1n) is 8.97. The number of rotatable bonds is 10. The van der Waals surface area contributed by atoms with Crippen LogP contribution in [0, 0.1) is 5.92 Å². The van der Waals surface area contributed by atoms with Crippen LogP contribution in [-0.2, 0) is 4.79 Å². The molecule has 0 aliphatic rings. The van der Waals surface area contributed by atoms with Gasteiger partial charge in [0.05, 0.1) is 6.10 Å². The van der Waals surface area contributed by atoms with E-state index in [0.29, 0.717) is 12.3 Å². The number of nitrogens with zero attached hydrogens (tertiary/aromatic N) is 1. The van der Waals surface area contributed by atoms with Crippen LogP contribution in [0.25, 0.3) is 0 Å². The van der Waals surface area contributed by atoms with Gasteiger partial charge in [-0.1, -0.05) is 26.0 Å². The van der Waals surface area contributed by atoms with E-state index in [4.69, 9.17) is 4.74 Å². The van der Waals surface area contributed by atoms with Crippen molar-refractivity contribution in [2.45, 2.75) is 52.6 Å². The number of nitrogens with one attached hydrogen (secondary N) is 1. The molecule has 0 saturated carbocycles. The van der Waals surface area contributed by atoms with E-state index in [2.05, 4.69) is 36.2 Å². The van der Waals surface area contributed by atoms with Gasteiger partial charge in [-0.25, -0.2) is 0 Å². The van der Waals surface area contributed by atoms with Gasteiger partial charge in [-0.2, -0.15) is 0 Å². The number of benzene rings is 1. The highest BCUT2D eigenvalue weighted by atomic mass is 16.5. The highest BCUT2D eigenvalue weighted by Gasteiger charge is 2.19. The Kier molecular flexibility index (Phi) is 8.83. The molecule has 1 atom stereocenters. The van der Waals surface area contributed by atoms with Crippen molar-refractivity contribution in [3.8, 4) is 5.75 Å². The molecule has 0 bridgehead atoms. The van der Waals surface area contributed by atoms with E-state index in [0.717, 1.165) is 25.3 Å². The van der Waals surface area contributed by atoms with E-state index >= 15 is 0 Å². The molecule has 4 nitrogen and oxygen atoms in total. The number of hydrogen-bond donors (Lipinski definition) is 1. The lowest BCUT2D eigenvalue weighted by atomic mass is 9.85. The van der Waals surface area contributed by atoms with Crippen LogP contribution < -0.4 is 10.1 Å². The molecule has 1 rings (SSSR count). The van der Waals surface area contributed by atoms with Gasteiger partial charge in [0.2, 0.25) is 5.91 Å². The lowest BCUT2D eigenvalue weighted by Gasteiger charge is -2.21. The van der Waals surface area contributed by atoms with E-state index in [9.17, 15) is 4.79 Å². The molecule has 0 aliphatic heterocycles. The van der Waals surface area contributed by atoms with E-state index in [1.165, 1.54) is 5.56 Å². The van der Waals surface area contributed by atoms with Crippen LogP contribution in [0.1, 0.15) is 52.0 Å². The highest BCUT2D eigenvalue weighted by molar-refractivity contribution is 5.76. The maximum absolute atomic E-state index is 12.2. The van der Waals surface area contributed by atoms with E-state index in [-0.39, 0.29) is 17.9 Å². The van der Waals surface area contributed by atoms with Gasteiger partial charge >= 0.3 is 0 Å². The smallest absolute Gasteiger partial charge is 0.220 e. The number of hydrogen-bond acceptors (Lipinski definition) is 3. The van der Waals surface area contributed by atoms with Crippen LogP contribution in [0.15, 0.2) is 24.3 Å². The molecule has 1 amide bonds. The first-order chi connectivity index (χ1) is 11.3. The maximum Gasteiger partial charge on any atom is 0.220 e. The fraction of sp³-hybridized carbons (Fsp3) is 0.650. The lowest BCUT2D eigenvalue weighted by Crippen LogP contribution is -2.29. The summed E-state index contributed by atoms with van der Waals surface area (Å²) in [6, 6.07) is 8.17. The minimum Gasteiger partial charge on any atom is -0.491 e. The first kappa shape index (κ1) is 20.5. The summed E-state index contributed by atoms with van der Waals surface area (Å²) in [5.74, 6) is 1.65. The van der Waals surface area contributed by atoms with Gasteiger partial charge in [0.15, 0.2) is 0 Å². The van der Waals surface area contributed by atoms with Crippen molar-refractivity contribution < 1.29 is 9.53 Å². The lowest BCUT2D eigenvalue weighted by molar-refractivity contribution is -0.121. The third-order valence-corrected chi connectivity index (χ3v) is 3.99. The second-order valence-corrected chi connectivity index (χ2v) is 7.30. The fourth-order valence-corrected chi connectivity index (χ4v) is 2.70. The summed E-state index contributed by atoms with van der Waals surface area (Å²) in [6.45, 7) is 10.1. The SMILES string of the molecule is CC(C)Oc1ccc([C@@H](CC(=O)NCCCN(C)C)C(C)C)cc1. The van der Waals surface area contributed by atoms with E-state index < -0.39 is 0 Å². The molecular weight excluding hydrogens is 300 g/mol. The van der Waals surface area contributed by atoms with Gasteiger partial charge in [0.1, 0.15) is 5.75 Å². The molecule has 0 aliphatic carbocycles.